The Morgan fingerprint density at radius 3 is 2.65 bits per heavy atom. The number of allylic oxidation sites excluding steroid dienone is 3. The zero-order chi connectivity index (χ0) is 17.2. The number of hydrogen-bond acceptors (Lipinski definition) is 3. The lowest BCUT2D eigenvalue weighted by atomic mass is 9.72. The Morgan fingerprint density at radius 2 is 2.04 bits per heavy atom. The average Bonchev–Trinajstić information content (AvgIpc) is 2.48. The quantitative estimate of drug-likeness (QED) is 0.376. The summed E-state index contributed by atoms with van der Waals surface area (Å²) in [5.74, 6) is 1.88. The first-order valence-electron chi connectivity index (χ1n) is 9.12. The summed E-state index contributed by atoms with van der Waals surface area (Å²) in [6.45, 7) is 7.72. The highest BCUT2D eigenvalue weighted by atomic mass is 16.5. The van der Waals surface area contributed by atoms with Crippen LogP contribution in [0.3, 0.4) is 0 Å². The number of ether oxygens (including phenoxy) is 1. The van der Waals surface area contributed by atoms with Gasteiger partial charge in [0.15, 0.2) is 0 Å². The molecule has 0 aromatic heterocycles. The molecule has 0 aromatic rings. The van der Waals surface area contributed by atoms with Gasteiger partial charge < -0.3 is 9.64 Å². The van der Waals surface area contributed by atoms with Crippen molar-refractivity contribution < 1.29 is 9.53 Å². The summed E-state index contributed by atoms with van der Waals surface area (Å²) >= 11 is 0. The van der Waals surface area contributed by atoms with Crippen LogP contribution in [0.15, 0.2) is 24.3 Å². The standard InChI is InChI=1S/C20H35NO2/c1-6-8-9-13-20(22)23-18-12-10-11-17(14-18)19(7-2)16(3)15-21(4)5/h6,8-9,13,16-19H,7,10-12,14-15H2,1-5H3/b8-6+,13-9+/t16-,17+,18?,19?/m1/s1. The molecule has 0 spiro atoms. The maximum Gasteiger partial charge on any atom is 0.331 e. The number of esters is 1. The van der Waals surface area contributed by atoms with Gasteiger partial charge in [-0.15, -0.1) is 0 Å². The highest BCUT2D eigenvalue weighted by molar-refractivity contribution is 5.82. The molecule has 3 nitrogen and oxygen atoms in total. The highest BCUT2D eigenvalue weighted by Crippen LogP contribution is 2.37. The summed E-state index contributed by atoms with van der Waals surface area (Å²) in [4.78, 5) is 14.1. The van der Waals surface area contributed by atoms with Crippen LogP contribution >= 0.6 is 0 Å². The molecule has 2 unspecified atom stereocenters. The summed E-state index contributed by atoms with van der Waals surface area (Å²) in [5, 5.41) is 0. The fourth-order valence-corrected chi connectivity index (χ4v) is 4.04. The maximum atomic E-state index is 11.9. The first-order chi connectivity index (χ1) is 11.0. The molecule has 1 aliphatic rings. The fraction of sp³-hybridized carbons (Fsp3) is 0.750. The first kappa shape index (κ1) is 20.0. The van der Waals surface area contributed by atoms with Crippen molar-refractivity contribution in [2.24, 2.45) is 17.8 Å². The van der Waals surface area contributed by atoms with E-state index in [0.717, 1.165) is 25.3 Å². The van der Waals surface area contributed by atoms with E-state index in [1.165, 1.54) is 25.3 Å². The van der Waals surface area contributed by atoms with Crippen molar-refractivity contribution in [3.8, 4) is 0 Å². The van der Waals surface area contributed by atoms with Crippen LogP contribution in [-0.4, -0.2) is 37.6 Å². The van der Waals surface area contributed by atoms with Gasteiger partial charge in [-0.05, 0) is 64.5 Å². The summed E-state index contributed by atoms with van der Waals surface area (Å²) in [5.41, 5.74) is 0. The molecule has 132 valence electrons. The molecule has 0 radical (unpaired) electrons. The van der Waals surface area contributed by atoms with Gasteiger partial charge in [0.1, 0.15) is 6.10 Å². The molecule has 1 aliphatic carbocycles. The predicted octanol–water partition coefficient (Wildman–Crippen LogP) is 4.44. The monoisotopic (exact) mass is 321 g/mol. The Morgan fingerprint density at radius 1 is 1.30 bits per heavy atom. The zero-order valence-corrected chi connectivity index (χ0v) is 15.6. The summed E-state index contributed by atoms with van der Waals surface area (Å²) < 4.78 is 5.65. The van der Waals surface area contributed by atoms with Gasteiger partial charge in [0.05, 0.1) is 0 Å². The SMILES string of the molecule is C/C=C/C=C/C(=O)OC1CCC[C@H](C(CC)[C@H](C)CN(C)C)C1. The summed E-state index contributed by atoms with van der Waals surface area (Å²) in [6.07, 6.45) is 12.8. The Kier molecular flexibility index (Phi) is 9.23. The molecule has 0 bridgehead atoms. The molecular formula is C20H35NO2. The van der Waals surface area contributed by atoms with Crippen LogP contribution < -0.4 is 0 Å². The van der Waals surface area contributed by atoms with Crippen LogP contribution in [0.2, 0.25) is 0 Å². The van der Waals surface area contributed by atoms with Crippen molar-refractivity contribution in [1.82, 2.24) is 4.90 Å². The van der Waals surface area contributed by atoms with Crippen LogP contribution in [0.25, 0.3) is 0 Å². The van der Waals surface area contributed by atoms with Gasteiger partial charge >= 0.3 is 5.97 Å². The molecule has 23 heavy (non-hydrogen) atoms. The molecule has 1 saturated carbocycles. The Labute approximate surface area is 142 Å². The minimum atomic E-state index is -0.205. The molecule has 0 aromatic carbocycles. The van der Waals surface area contributed by atoms with Gasteiger partial charge in [-0.2, -0.15) is 0 Å². The molecule has 0 heterocycles. The molecule has 3 heteroatoms. The lowest BCUT2D eigenvalue weighted by Gasteiger charge is -2.37. The smallest absolute Gasteiger partial charge is 0.331 e. The zero-order valence-electron chi connectivity index (χ0n) is 15.6. The lowest BCUT2D eigenvalue weighted by molar-refractivity contribution is -0.145. The van der Waals surface area contributed by atoms with E-state index in [-0.39, 0.29) is 12.1 Å². The molecule has 0 N–H and O–H groups in total. The number of carbonyl (C=O) groups is 1. The fourth-order valence-electron chi connectivity index (χ4n) is 4.04. The predicted molar refractivity (Wildman–Crippen MR) is 97.3 cm³/mol. The van der Waals surface area contributed by atoms with Crippen molar-refractivity contribution in [2.45, 2.75) is 59.0 Å². The highest BCUT2D eigenvalue weighted by Gasteiger charge is 2.32. The molecule has 0 saturated heterocycles. The van der Waals surface area contributed by atoms with Gasteiger partial charge in [0, 0.05) is 12.6 Å². The van der Waals surface area contributed by atoms with Crippen LogP contribution in [0.4, 0.5) is 0 Å². The van der Waals surface area contributed by atoms with E-state index in [0.29, 0.717) is 11.8 Å². The van der Waals surface area contributed by atoms with Crippen LogP contribution in [0.1, 0.15) is 52.9 Å². The number of hydrogen-bond donors (Lipinski definition) is 0. The molecule has 1 fully saturated rings. The normalized spacial score (nSPS) is 25.1. The lowest BCUT2D eigenvalue weighted by Crippen LogP contribution is -2.34. The third-order valence-corrected chi connectivity index (χ3v) is 4.95. The minimum absolute atomic E-state index is 0.0945. The second kappa shape index (κ2) is 10.6. The third kappa shape index (κ3) is 7.34. The topological polar surface area (TPSA) is 29.5 Å². The largest absolute Gasteiger partial charge is 0.459 e. The van der Waals surface area contributed by atoms with Gasteiger partial charge in [-0.3, -0.25) is 0 Å². The van der Waals surface area contributed by atoms with E-state index in [9.17, 15) is 4.79 Å². The molecule has 0 amide bonds. The van der Waals surface area contributed by atoms with Crippen LogP contribution in [0.5, 0.6) is 0 Å². The summed E-state index contributed by atoms with van der Waals surface area (Å²) in [6, 6.07) is 0. The van der Waals surface area contributed by atoms with Gasteiger partial charge in [-0.25, -0.2) is 4.79 Å². The number of rotatable bonds is 8. The van der Waals surface area contributed by atoms with E-state index in [4.69, 9.17) is 4.74 Å². The Hall–Kier alpha value is -1.09. The summed E-state index contributed by atoms with van der Waals surface area (Å²) in [7, 11) is 4.29. The van der Waals surface area contributed by atoms with E-state index in [2.05, 4.69) is 32.8 Å². The first-order valence-corrected chi connectivity index (χ1v) is 9.12. The second-order valence-corrected chi connectivity index (χ2v) is 7.18. The molecule has 4 atom stereocenters. The van der Waals surface area contributed by atoms with Crippen LogP contribution in [-0.2, 0) is 9.53 Å². The Balaban J connectivity index is 2.56. The Bertz CT molecular complexity index is 400. The van der Waals surface area contributed by atoms with E-state index < -0.39 is 0 Å². The average molecular weight is 322 g/mol. The second-order valence-electron chi connectivity index (χ2n) is 7.18. The molecule has 0 aliphatic heterocycles. The van der Waals surface area contributed by atoms with Crippen molar-refractivity contribution in [3.63, 3.8) is 0 Å². The molecular weight excluding hydrogens is 286 g/mol. The van der Waals surface area contributed by atoms with Crippen molar-refractivity contribution in [2.75, 3.05) is 20.6 Å². The maximum absolute atomic E-state index is 11.9. The number of carbonyl (C=O) groups excluding carboxylic acids is 1. The van der Waals surface area contributed by atoms with Gasteiger partial charge in [0.2, 0.25) is 0 Å². The van der Waals surface area contributed by atoms with Crippen LogP contribution in [0, 0.1) is 17.8 Å². The van der Waals surface area contributed by atoms with Gasteiger partial charge in [-0.1, -0.05) is 38.5 Å². The van der Waals surface area contributed by atoms with E-state index in [1.807, 2.05) is 19.1 Å². The van der Waals surface area contributed by atoms with Crippen molar-refractivity contribution in [1.29, 1.82) is 0 Å². The third-order valence-electron chi connectivity index (χ3n) is 4.95. The van der Waals surface area contributed by atoms with E-state index >= 15 is 0 Å². The minimum Gasteiger partial charge on any atom is -0.459 e. The van der Waals surface area contributed by atoms with E-state index in [1.54, 1.807) is 6.08 Å². The van der Waals surface area contributed by atoms with Crippen molar-refractivity contribution in [3.05, 3.63) is 24.3 Å². The van der Waals surface area contributed by atoms with Crippen molar-refractivity contribution >= 4 is 5.97 Å². The number of nitrogens with zero attached hydrogens (tertiary/aromatic N) is 1. The van der Waals surface area contributed by atoms with Gasteiger partial charge in [0.25, 0.3) is 0 Å². The molecule has 1 rings (SSSR count).